The molecule has 7 heteroatoms. The summed E-state index contributed by atoms with van der Waals surface area (Å²) in [6, 6.07) is 9.26. The van der Waals surface area contributed by atoms with Crippen molar-refractivity contribution in [1.82, 2.24) is 9.88 Å². The molecule has 2 amide bonds. The normalized spacial score (nSPS) is 14.4. The summed E-state index contributed by atoms with van der Waals surface area (Å²) in [5.74, 6) is -0.200. The molecule has 0 saturated carbocycles. The highest BCUT2D eigenvalue weighted by atomic mass is 79.9. The number of aromatic nitrogens is 1. The molecule has 0 bridgehead atoms. The Morgan fingerprint density at radius 3 is 2.67 bits per heavy atom. The number of pyridine rings is 1. The molecule has 1 aromatic heterocycles. The van der Waals surface area contributed by atoms with Crippen LogP contribution in [0.25, 0.3) is 0 Å². The minimum Gasteiger partial charge on any atom is -0.367 e. The van der Waals surface area contributed by atoms with Crippen LogP contribution < -0.4 is 10.2 Å². The number of amides is 2. The molecule has 0 unspecified atom stereocenters. The molecule has 0 aliphatic carbocycles. The molecule has 1 N–H and O–H groups in total. The summed E-state index contributed by atoms with van der Waals surface area (Å²) in [5, 5.41) is 2.86. The van der Waals surface area contributed by atoms with E-state index >= 15 is 0 Å². The lowest BCUT2D eigenvalue weighted by molar-refractivity contribution is -0.118. The van der Waals surface area contributed by atoms with Gasteiger partial charge in [-0.15, -0.1) is 0 Å². The number of carbonyl (C=O) groups is 2. The summed E-state index contributed by atoms with van der Waals surface area (Å²) >= 11 is 3.38. The van der Waals surface area contributed by atoms with Crippen molar-refractivity contribution in [2.45, 2.75) is 0 Å². The molecular weight excluding hydrogens is 372 g/mol. The highest BCUT2D eigenvalue weighted by Gasteiger charge is 2.17. The van der Waals surface area contributed by atoms with Crippen molar-refractivity contribution in [3.63, 3.8) is 0 Å². The SMILES string of the molecule is O=CN1CCN(c2cncc(C(=O)Nc3cccc(Br)c3)c2)CC1. The molecule has 1 saturated heterocycles. The second-order valence-corrected chi connectivity index (χ2v) is 6.44. The minimum atomic E-state index is -0.200. The van der Waals surface area contributed by atoms with E-state index < -0.39 is 0 Å². The van der Waals surface area contributed by atoms with Gasteiger partial charge >= 0.3 is 0 Å². The van der Waals surface area contributed by atoms with Gasteiger partial charge in [0.05, 0.1) is 17.4 Å². The fourth-order valence-electron chi connectivity index (χ4n) is 2.58. The quantitative estimate of drug-likeness (QED) is 0.816. The Morgan fingerprint density at radius 2 is 1.96 bits per heavy atom. The molecule has 1 aliphatic heterocycles. The van der Waals surface area contributed by atoms with Crippen molar-refractivity contribution >= 4 is 39.6 Å². The molecule has 0 radical (unpaired) electrons. The number of halogens is 1. The average molecular weight is 389 g/mol. The van der Waals surface area contributed by atoms with E-state index in [1.165, 1.54) is 0 Å². The molecule has 1 fully saturated rings. The fourth-order valence-corrected chi connectivity index (χ4v) is 2.98. The van der Waals surface area contributed by atoms with E-state index in [-0.39, 0.29) is 5.91 Å². The highest BCUT2D eigenvalue weighted by Crippen LogP contribution is 2.19. The van der Waals surface area contributed by atoms with Crippen molar-refractivity contribution in [2.75, 3.05) is 36.4 Å². The van der Waals surface area contributed by atoms with E-state index in [0.29, 0.717) is 18.7 Å². The van der Waals surface area contributed by atoms with Crippen LogP contribution in [0.3, 0.4) is 0 Å². The lowest BCUT2D eigenvalue weighted by Gasteiger charge is -2.34. The molecule has 3 rings (SSSR count). The van der Waals surface area contributed by atoms with E-state index in [2.05, 4.69) is 31.1 Å². The molecular formula is C17H17BrN4O2. The van der Waals surface area contributed by atoms with Gasteiger partial charge < -0.3 is 15.1 Å². The zero-order valence-electron chi connectivity index (χ0n) is 13.0. The predicted molar refractivity (Wildman–Crippen MR) is 96.2 cm³/mol. The van der Waals surface area contributed by atoms with Gasteiger partial charge in [0, 0.05) is 42.5 Å². The van der Waals surface area contributed by atoms with Crippen LogP contribution in [0, 0.1) is 0 Å². The summed E-state index contributed by atoms with van der Waals surface area (Å²) in [6.45, 7) is 2.82. The summed E-state index contributed by atoms with van der Waals surface area (Å²) in [4.78, 5) is 31.3. The number of benzene rings is 1. The monoisotopic (exact) mass is 388 g/mol. The van der Waals surface area contributed by atoms with Crippen LogP contribution in [0.2, 0.25) is 0 Å². The van der Waals surface area contributed by atoms with Gasteiger partial charge in [-0.1, -0.05) is 22.0 Å². The maximum absolute atomic E-state index is 12.4. The van der Waals surface area contributed by atoms with E-state index in [9.17, 15) is 9.59 Å². The van der Waals surface area contributed by atoms with E-state index in [1.807, 2.05) is 30.3 Å². The maximum Gasteiger partial charge on any atom is 0.257 e. The third-order valence-corrected chi connectivity index (χ3v) is 4.39. The highest BCUT2D eigenvalue weighted by molar-refractivity contribution is 9.10. The topological polar surface area (TPSA) is 65.5 Å². The number of nitrogens with one attached hydrogen (secondary N) is 1. The Balaban J connectivity index is 1.70. The minimum absolute atomic E-state index is 0.200. The zero-order chi connectivity index (χ0) is 16.9. The zero-order valence-corrected chi connectivity index (χ0v) is 14.6. The number of hydrogen-bond donors (Lipinski definition) is 1. The van der Waals surface area contributed by atoms with E-state index in [0.717, 1.165) is 35.3 Å². The van der Waals surface area contributed by atoms with Gasteiger partial charge in [0.1, 0.15) is 0 Å². The number of hydrogen-bond acceptors (Lipinski definition) is 4. The molecule has 2 heterocycles. The summed E-state index contributed by atoms with van der Waals surface area (Å²) in [5.41, 5.74) is 2.12. The Morgan fingerprint density at radius 1 is 1.17 bits per heavy atom. The lowest BCUT2D eigenvalue weighted by Crippen LogP contribution is -2.45. The van der Waals surface area contributed by atoms with Crippen molar-refractivity contribution in [3.05, 3.63) is 52.8 Å². The fraction of sp³-hybridized carbons (Fsp3) is 0.235. The summed E-state index contributed by atoms with van der Waals surface area (Å²) < 4.78 is 0.903. The van der Waals surface area contributed by atoms with Crippen molar-refractivity contribution in [2.24, 2.45) is 0 Å². The van der Waals surface area contributed by atoms with Gasteiger partial charge in [0.15, 0.2) is 0 Å². The van der Waals surface area contributed by atoms with Crippen LogP contribution in [-0.4, -0.2) is 48.4 Å². The average Bonchev–Trinajstić information content (AvgIpc) is 2.62. The van der Waals surface area contributed by atoms with Crippen molar-refractivity contribution in [3.8, 4) is 0 Å². The largest absolute Gasteiger partial charge is 0.367 e. The van der Waals surface area contributed by atoms with Gasteiger partial charge in [-0.3, -0.25) is 14.6 Å². The standard InChI is InChI=1S/C17H17BrN4O2/c18-14-2-1-3-15(9-14)20-17(24)13-8-16(11-19-10-13)22-6-4-21(12-23)5-7-22/h1-3,8-12H,4-7H2,(H,20,24). The third kappa shape index (κ3) is 3.91. The Hall–Kier alpha value is -2.41. The summed E-state index contributed by atoms with van der Waals surface area (Å²) in [7, 11) is 0. The Bertz CT molecular complexity index is 745. The second kappa shape index (κ2) is 7.44. The van der Waals surface area contributed by atoms with Gasteiger partial charge in [-0.2, -0.15) is 0 Å². The van der Waals surface area contributed by atoms with Gasteiger partial charge in [-0.05, 0) is 24.3 Å². The van der Waals surface area contributed by atoms with Crippen LogP contribution >= 0.6 is 15.9 Å². The number of rotatable bonds is 4. The number of nitrogens with zero attached hydrogens (tertiary/aromatic N) is 3. The molecule has 6 nitrogen and oxygen atoms in total. The van der Waals surface area contributed by atoms with Crippen LogP contribution in [0.4, 0.5) is 11.4 Å². The molecule has 0 atom stereocenters. The van der Waals surface area contributed by atoms with Crippen LogP contribution in [0.1, 0.15) is 10.4 Å². The number of carbonyl (C=O) groups excluding carboxylic acids is 2. The van der Waals surface area contributed by atoms with Gasteiger partial charge in [0.2, 0.25) is 6.41 Å². The van der Waals surface area contributed by atoms with E-state index in [4.69, 9.17) is 0 Å². The van der Waals surface area contributed by atoms with Crippen LogP contribution in [-0.2, 0) is 4.79 Å². The van der Waals surface area contributed by atoms with Crippen LogP contribution in [0.5, 0.6) is 0 Å². The van der Waals surface area contributed by atoms with Gasteiger partial charge in [-0.25, -0.2) is 0 Å². The maximum atomic E-state index is 12.4. The predicted octanol–water partition coefficient (Wildman–Crippen LogP) is 2.37. The first kappa shape index (κ1) is 16.4. The lowest BCUT2D eigenvalue weighted by atomic mass is 10.2. The molecule has 24 heavy (non-hydrogen) atoms. The van der Waals surface area contributed by atoms with Crippen LogP contribution in [0.15, 0.2) is 47.2 Å². The molecule has 1 aromatic carbocycles. The molecule has 1 aliphatic rings. The second-order valence-electron chi connectivity index (χ2n) is 5.52. The summed E-state index contributed by atoms with van der Waals surface area (Å²) in [6.07, 6.45) is 4.17. The molecule has 2 aromatic rings. The van der Waals surface area contributed by atoms with Crippen molar-refractivity contribution < 1.29 is 9.59 Å². The van der Waals surface area contributed by atoms with Crippen molar-refractivity contribution in [1.29, 1.82) is 0 Å². The number of piperazine rings is 1. The first-order valence-corrected chi connectivity index (χ1v) is 8.41. The Kier molecular flexibility index (Phi) is 5.10. The molecule has 0 spiro atoms. The smallest absolute Gasteiger partial charge is 0.257 e. The third-order valence-electron chi connectivity index (χ3n) is 3.90. The van der Waals surface area contributed by atoms with Gasteiger partial charge in [0.25, 0.3) is 5.91 Å². The molecule has 124 valence electrons. The number of anilines is 2. The van der Waals surface area contributed by atoms with E-state index in [1.54, 1.807) is 17.3 Å². The first-order chi connectivity index (χ1) is 11.7. The first-order valence-electron chi connectivity index (χ1n) is 7.62. The Labute approximate surface area is 148 Å².